The third-order valence-corrected chi connectivity index (χ3v) is 2.23. The maximum atomic E-state index is 10.00. The molecule has 0 amide bonds. The van der Waals surface area contributed by atoms with Gasteiger partial charge in [-0.2, -0.15) is 0 Å². The first-order valence-electron chi connectivity index (χ1n) is 3.61. The molecule has 0 heterocycles. The molecule has 0 saturated carbocycles. The van der Waals surface area contributed by atoms with E-state index in [0.717, 1.165) is 16.3 Å². The van der Waals surface area contributed by atoms with Crippen LogP contribution in [0.15, 0.2) is 22.7 Å². The highest BCUT2D eigenvalue weighted by Gasteiger charge is 1.95. The Morgan fingerprint density at radius 2 is 2.31 bits per heavy atom. The highest BCUT2D eigenvalue weighted by molar-refractivity contribution is 9.10. The Hall–Kier alpha value is -0.780. The van der Waals surface area contributed by atoms with Gasteiger partial charge < -0.3 is 4.79 Å². The van der Waals surface area contributed by atoms with Crippen LogP contribution in [0.2, 0.25) is 5.02 Å². The Bertz CT molecular complexity index is 376. The fourth-order valence-corrected chi connectivity index (χ4v) is 1.56. The predicted octanol–water partition coefficient (Wildman–Crippen LogP) is 3.04. The van der Waals surface area contributed by atoms with Gasteiger partial charge in [0.1, 0.15) is 6.29 Å². The molecule has 0 N–H and O–H groups in total. The predicted molar refractivity (Wildman–Crippen MR) is 56.7 cm³/mol. The molecular weight excluding hydrogens is 251 g/mol. The van der Waals surface area contributed by atoms with Crippen LogP contribution in [0.25, 0.3) is 0 Å². The summed E-state index contributed by atoms with van der Waals surface area (Å²) < 4.78 is 0.846. The lowest BCUT2D eigenvalue weighted by Crippen LogP contribution is -1.77. The molecule has 0 spiro atoms. The molecule has 0 atom stereocenters. The number of halogens is 2. The summed E-state index contributed by atoms with van der Waals surface area (Å²) in [4.78, 5) is 10.00. The first-order valence-corrected chi connectivity index (χ1v) is 4.78. The lowest BCUT2D eigenvalue weighted by molar-refractivity contribution is -0.107. The van der Waals surface area contributed by atoms with Crippen LogP contribution >= 0.6 is 27.5 Å². The van der Waals surface area contributed by atoms with E-state index in [9.17, 15) is 4.79 Å². The van der Waals surface area contributed by atoms with Crippen LogP contribution < -0.4 is 0 Å². The molecular formula is C10H6BrClO. The van der Waals surface area contributed by atoms with Crippen LogP contribution in [0.1, 0.15) is 12.0 Å². The fourth-order valence-electron chi connectivity index (χ4n) is 0.779. The minimum Gasteiger partial charge on any atom is -0.302 e. The van der Waals surface area contributed by atoms with Gasteiger partial charge in [-0.3, -0.25) is 0 Å². The summed E-state index contributed by atoms with van der Waals surface area (Å²) in [5.74, 6) is 5.57. The van der Waals surface area contributed by atoms with E-state index in [0.29, 0.717) is 5.02 Å². The highest BCUT2D eigenvalue weighted by Crippen LogP contribution is 2.20. The second-order valence-corrected chi connectivity index (χ2v) is 3.59. The van der Waals surface area contributed by atoms with Gasteiger partial charge in [-0.15, -0.1) is 0 Å². The third kappa shape index (κ3) is 3.22. The molecule has 3 heteroatoms. The number of carbonyl (C=O) groups is 1. The van der Waals surface area contributed by atoms with Crippen LogP contribution in [0.4, 0.5) is 0 Å². The molecule has 0 fully saturated rings. The first kappa shape index (κ1) is 10.3. The number of aldehydes is 1. The van der Waals surface area contributed by atoms with Crippen molar-refractivity contribution >= 4 is 33.8 Å². The summed E-state index contributed by atoms with van der Waals surface area (Å²) >= 11 is 9.07. The van der Waals surface area contributed by atoms with E-state index < -0.39 is 0 Å². The van der Waals surface area contributed by atoms with E-state index in [1.165, 1.54) is 0 Å². The fraction of sp³-hybridized carbons (Fsp3) is 0.100. The zero-order valence-corrected chi connectivity index (χ0v) is 9.02. The van der Waals surface area contributed by atoms with Crippen LogP contribution in [0, 0.1) is 11.8 Å². The van der Waals surface area contributed by atoms with Crippen LogP contribution in [0.3, 0.4) is 0 Å². The Kier molecular flexibility index (Phi) is 4.01. The molecule has 0 aliphatic heterocycles. The second kappa shape index (κ2) is 5.06. The minimum absolute atomic E-state index is 0.259. The number of benzene rings is 1. The van der Waals surface area contributed by atoms with Gasteiger partial charge in [-0.25, -0.2) is 0 Å². The molecule has 0 aromatic heterocycles. The largest absolute Gasteiger partial charge is 0.302 e. The van der Waals surface area contributed by atoms with E-state index in [4.69, 9.17) is 11.6 Å². The molecule has 1 nitrogen and oxygen atoms in total. The molecule has 0 radical (unpaired) electrons. The molecule has 13 heavy (non-hydrogen) atoms. The SMILES string of the molecule is O=CCC#Cc1ccc(Cl)cc1Br. The molecule has 0 aliphatic rings. The van der Waals surface area contributed by atoms with Crippen molar-refractivity contribution in [1.82, 2.24) is 0 Å². The average molecular weight is 258 g/mol. The smallest absolute Gasteiger partial charge is 0.131 e. The van der Waals surface area contributed by atoms with Crippen molar-refractivity contribution < 1.29 is 4.79 Å². The van der Waals surface area contributed by atoms with Crippen LogP contribution in [-0.4, -0.2) is 6.29 Å². The van der Waals surface area contributed by atoms with Gasteiger partial charge in [0.05, 0.1) is 6.42 Å². The normalized spacial score (nSPS) is 8.77. The number of rotatable bonds is 1. The molecule has 1 aromatic carbocycles. The molecule has 66 valence electrons. The van der Waals surface area contributed by atoms with Gasteiger partial charge in [0.25, 0.3) is 0 Å². The lowest BCUT2D eigenvalue weighted by Gasteiger charge is -1.95. The van der Waals surface area contributed by atoms with Crippen molar-refractivity contribution in [2.24, 2.45) is 0 Å². The summed E-state index contributed by atoms with van der Waals surface area (Å²) in [6, 6.07) is 5.34. The zero-order chi connectivity index (χ0) is 9.68. The first-order chi connectivity index (χ1) is 6.24. The van der Waals surface area contributed by atoms with E-state index in [-0.39, 0.29) is 6.42 Å². The lowest BCUT2D eigenvalue weighted by atomic mass is 10.2. The maximum absolute atomic E-state index is 10.00. The Morgan fingerprint density at radius 1 is 1.54 bits per heavy atom. The monoisotopic (exact) mass is 256 g/mol. The summed E-state index contributed by atoms with van der Waals surface area (Å²) in [5.41, 5.74) is 0.839. The van der Waals surface area contributed by atoms with Crippen molar-refractivity contribution in [1.29, 1.82) is 0 Å². The van der Waals surface area contributed by atoms with Crippen molar-refractivity contribution in [2.45, 2.75) is 6.42 Å². The summed E-state index contributed by atoms with van der Waals surface area (Å²) in [6.45, 7) is 0. The molecule has 0 aliphatic carbocycles. The minimum atomic E-state index is 0.259. The van der Waals surface area contributed by atoms with Gasteiger partial charge in [0.2, 0.25) is 0 Å². The van der Waals surface area contributed by atoms with Gasteiger partial charge in [-0.1, -0.05) is 23.4 Å². The summed E-state index contributed by atoms with van der Waals surface area (Å²) in [5, 5.41) is 0.660. The summed E-state index contributed by atoms with van der Waals surface area (Å²) in [7, 11) is 0. The molecule has 0 saturated heterocycles. The van der Waals surface area contributed by atoms with E-state index in [1.54, 1.807) is 12.1 Å². The highest BCUT2D eigenvalue weighted by atomic mass is 79.9. The van der Waals surface area contributed by atoms with Crippen molar-refractivity contribution in [3.8, 4) is 11.8 Å². The Morgan fingerprint density at radius 3 is 2.92 bits per heavy atom. The molecule has 0 unspecified atom stereocenters. The van der Waals surface area contributed by atoms with Gasteiger partial charge in [0, 0.05) is 15.1 Å². The standard InChI is InChI=1S/C10H6BrClO/c11-10-7-9(12)5-4-8(10)3-1-2-6-13/h4-7H,2H2. The Balaban J connectivity index is 2.91. The van der Waals surface area contributed by atoms with Crippen molar-refractivity contribution in [3.63, 3.8) is 0 Å². The van der Waals surface area contributed by atoms with E-state index >= 15 is 0 Å². The van der Waals surface area contributed by atoms with Gasteiger partial charge in [0.15, 0.2) is 0 Å². The van der Waals surface area contributed by atoms with Crippen molar-refractivity contribution in [3.05, 3.63) is 33.3 Å². The quantitative estimate of drug-likeness (QED) is 0.558. The third-order valence-electron chi connectivity index (χ3n) is 1.34. The van der Waals surface area contributed by atoms with Crippen molar-refractivity contribution in [2.75, 3.05) is 0 Å². The zero-order valence-electron chi connectivity index (χ0n) is 6.68. The Labute approximate surface area is 90.2 Å². The van der Waals surface area contributed by atoms with Crippen LogP contribution in [-0.2, 0) is 4.79 Å². The van der Waals surface area contributed by atoms with Gasteiger partial charge in [-0.05, 0) is 34.1 Å². The molecule has 1 rings (SSSR count). The topological polar surface area (TPSA) is 17.1 Å². The molecule has 0 bridgehead atoms. The second-order valence-electron chi connectivity index (χ2n) is 2.30. The maximum Gasteiger partial charge on any atom is 0.131 e. The van der Waals surface area contributed by atoms with Crippen LogP contribution in [0.5, 0.6) is 0 Å². The number of hydrogen-bond acceptors (Lipinski definition) is 1. The molecule has 1 aromatic rings. The van der Waals surface area contributed by atoms with E-state index in [2.05, 4.69) is 27.8 Å². The average Bonchev–Trinajstić information content (AvgIpc) is 2.09. The summed E-state index contributed by atoms with van der Waals surface area (Å²) in [6.07, 6.45) is 1.03. The number of hydrogen-bond donors (Lipinski definition) is 0. The van der Waals surface area contributed by atoms with E-state index in [1.807, 2.05) is 6.07 Å². The van der Waals surface area contributed by atoms with Gasteiger partial charge >= 0.3 is 0 Å². The number of carbonyl (C=O) groups excluding carboxylic acids is 1.